The average Bonchev–Trinajstić information content (AvgIpc) is 2.58. The molecule has 1 saturated heterocycles. The highest BCUT2D eigenvalue weighted by Crippen LogP contribution is 2.28. The van der Waals surface area contributed by atoms with Crippen molar-refractivity contribution in [1.82, 2.24) is 4.90 Å². The molecule has 0 radical (unpaired) electrons. The lowest BCUT2D eigenvalue weighted by Gasteiger charge is -2.16. The fourth-order valence-electron chi connectivity index (χ4n) is 2.20. The average molecular weight is 281 g/mol. The van der Waals surface area contributed by atoms with Crippen LogP contribution in [0.25, 0.3) is 0 Å². The van der Waals surface area contributed by atoms with E-state index in [9.17, 15) is 9.59 Å². The van der Waals surface area contributed by atoms with Crippen molar-refractivity contribution in [2.75, 3.05) is 0 Å². The first kappa shape index (κ1) is 14.0. The number of carbonyl (C=O) groups is 2. The molecule has 2 amide bonds. The monoisotopic (exact) mass is 280 g/mol. The lowest BCUT2D eigenvalue weighted by molar-refractivity contribution is -0.140. The highest BCUT2D eigenvalue weighted by Gasteiger charge is 2.42. The molecule has 1 aromatic rings. The Labute approximate surface area is 117 Å². The number of hydrogen-bond donors (Lipinski definition) is 1. The summed E-state index contributed by atoms with van der Waals surface area (Å²) in [6.07, 6.45) is 0. The Bertz CT molecular complexity index is 510. The third-order valence-electron chi connectivity index (χ3n) is 3.74. The van der Waals surface area contributed by atoms with E-state index in [1.807, 2.05) is 12.1 Å². The Kier molecular flexibility index (Phi) is 3.92. The summed E-state index contributed by atoms with van der Waals surface area (Å²) in [6.45, 7) is 4.21. The van der Waals surface area contributed by atoms with Crippen molar-refractivity contribution in [3.05, 3.63) is 34.3 Å². The van der Waals surface area contributed by atoms with Gasteiger partial charge in [0.25, 0.3) is 0 Å². The first-order valence-corrected chi connectivity index (χ1v) is 6.66. The zero-order chi connectivity index (χ0) is 14.2. The van der Waals surface area contributed by atoms with E-state index in [4.69, 9.17) is 17.3 Å². The molecule has 5 heteroatoms. The van der Waals surface area contributed by atoms with E-state index in [0.29, 0.717) is 11.6 Å². The van der Waals surface area contributed by atoms with Crippen LogP contribution in [0, 0.1) is 11.8 Å². The fraction of sp³-hybridized carbons (Fsp3) is 0.429. The maximum atomic E-state index is 12.0. The molecule has 1 heterocycles. The number of nitrogens with two attached hydrogens (primary N) is 1. The maximum absolute atomic E-state index is 12.0. The van der Waals surface area contributed by atoms with Crippen LogP contribution in [0.2, 0.25) is 5.02 Å². The Hall–Kier alpha value is -1.39. The van der Waals surface area contributed by atoms with Gasteiger partial charge in [-0.05, 0) is 17.2 Å². The molecule has 1 aliphatic rings. The minimum atomic E-state index is -0.255. The molecule has 1 fully saturated rings. The molecule has 2 atom stereocenters. The van der Waals surface area contributed by atoms with Gasteiger partial charge in [0.2, 0.25) is 11.8 Å². The molecule has 0 spiro atoms. The number of carbonyl (C=O) groups excluding carboxylic acids is 2. The van der Waals surface area contributed by atoms with Crippen LogP contribution in [0.15, 0.2) is 18.2 Å². The van der Waals surface area contributed by atoms with Crippen LogP contribution < -0.4 is 5.73 Å². The van der Waals surface area contributed by atoms with Crippen molar-refractivity contribution >= 4 is 23.4 Å². The molecule has 0 aromatic heterocycles. The molecule has 2 N–H and O–H groups in total. The summed E-state index contributed by atoms with van der Waals surface area (Å²) in [5.74, 6) is -0.767. The third kappa shape index (κ3) is 2.51. The maximum Gasteiger partial charge on any atom is 0.233 e. The number of amides is 2. The SMILES string of the molecule is CC1C(=O)N(Cc2ccc(CN)cc2Cl)C(=O)C1C. The van der Waals surface area contributed by atoms with Gasteiger partial charge >= 0.3 is 0 Å². The van der Waals surface area contributed by atoms with E-state index in [0.717, 1.165) is 11.1 Å². The number of hydrogen-bond acceptors (Lipinski definition) is 3. The summed E-state index contributed by atoms with van der Waals surface area (Å²) in [4.78, 5) is 25.3. The Balaban J connectivity index is 2.22. The molecule has 4 nitrogen and oxygen atoms in total. The van der Waals surface area contributed by atoms with E-state index in [2.05, 4.69) is 0 Å². The summed E-state index contributed by atoms with van der Waals surface area (Å²) >= 11 is 6.15. The minimum Gasteiger partial charge on any atom is -0.326 e. The zero-order valence-electron chi connectivity index (χ0n) is 11.0. The fourth-order valence-corrected chi connectivity index (χ4v) is 2.46. The predicted octanol–water partition coefficient (Wildman–Crippen LogP) is 1.94. The third-order valence-corrected chi connectivity index (χ3v) is 4.09. The molecule has 1 aliphatic heterocycles. The topological polar surface area (TPSA) is 63.4 Å². The van der Waals surface area contributed by atoms with Gasteiger partial charge in [-0.2, -0.15) is 0 Å². The van der Waals surface area contributed by atoms with Crippen molar-refractivity contribution in [1.29, 1.82) is 0 Å². The molecule has 0 bridgehead atoms. The van der Waals surface area contributed by atoms with Crippen molar-refractivity contribution in [3.8, 4) is 0 Å². The lowest BCUT2D eigenvalue weighted by atomic mass is 10.00. The normalized spacial score (nSPS) is 23.3. The summed E-state index contributed by atoms with van der Waals surface area (Å²) in [7, 11) is 0. The Morgan fingerprint density at radius 1 is 1.21 bits per heavy atom. The highest BCUT2D eigenvalue weighted by atomic mass is 35.5. The molecule has 102 valence electrons. The van der Waals surface area contributed by atoms with E-state index in [-0.39, 0.29) is 30.2 Å². The molecule has 2 unspecified atom stereocenters. The van der Waals surface area contributed by atoms with Crippen LogP contribution in [-0.4, -0.2) is 16.7 Å². The number of nitrogens with zero attached hydrogens (tertiary/aromatic N) is 1. The van der Waals surface area contributed by atoms with Gasteiger partial charge in [-0.3, -0.25) is 14.5 Å². The van der Waals surface area contributed by atoms with E-state index >= 15 is 0 Å². The van der Waals surface area contributed by atoms with Gasteiger partial charge in [0.1, 0.15) is 0 Å². The summed E-state index contributed by atoms with van der Waals surface area (Å²) in [6, 6.07) is 5.45. The molecule has 0 aliphatic carbocycles. The van der Waals surface area contributed by atoms with Gasteiger partial charge in [0.05, 0.1) is 6.54 Å². The van der Waals surface area contributed by atoms with E-state index in [1.165, 1.54) is 4.90 Å². The lowest BCUT2D eigenvalue weighted by Crippen LogP contribution is -2.30. The van der Waals surface area contributed by atoms with Crippen LogP contribution >= 0.6 is 11.6 Å². The first-order valence-electron chi connectivity index (χ1n) is 6.28. The van der Waals surface area contributed by atoms with Gasteiger partial charge in [-0.15, -0.1) is 0 Å². The number of benzene rings is 1. The summed E-state index contributed by atoms with van der Waals surface area (Å²) in [5.41, 5.74) is 7.23. The Morgan fingerprint density at radius 2 is 1.79 bits per heavy atom. The van der Waals surface area contributed by atoms with E-state index < -0.39 is 0 Å². The van der Waals surface area contributed by atoms with Gasteiger partial charge in [0, 0.05) is 23.4 Å². The smallest absolute Gasteiger partial charge is 0.233 e. The van der Waals surface area contributed by atoms with E-state index in [1.54, 1.807) is 19.9 Å². The second-order valence-electron chi connectivity index (χ2n) is 4.97. The van der Waals surface area contributed by atoms with Gasteiger partial charge in [-0.25, -0.2) is 0 Å². The van der Waals surface area contributed by atoms with Crippen molar-refractivity contribution in [2.45, 2.75) is 26.9 Å². The van der Waals surface area contributed by atoms with Crippen LogP contribution in [0.1, 0.15) is 25.0 Å². The number of halogens is 1. The van der Waals surface area contributed by atoms with Crippen molar-refractivity contribution < 1.29 is 9.59 Å². The van der Waals surface area contributed by atoms with Crippen LogP contribution in [0.5, 0.6) is 0 Å². The molecule has 1 aromatic carbocycles. The molecule has 19 heavy (non-hydrogen) atoms. The van der Waals surface area contributed by atoms with Crippen molar-refractivity contribution in [2.24, 2.45) is 17.6 Å². The minimum absolute atomic E-state index is 0.128. The number of imide groups is 1. The van der Waals surface area contributed by atoms with Crippen LogP contribution in [-0.2, 0) is 22.7 Å². The molecular weight excluding hydrogens is 264 g/mol. The number of likely N-dealkylation sites (tertiary alicyclic amines) is 1. The standard InChI is InChI=1S/C14H17ClN2O2/c1-8-9(2)14(19)17(13(8)18)7-11-4-3-10(6-16)5-12(11)15/h3-5,8-9H,6-7,16H2,1-2H3. The zero-order valence-corrected chi connectivity index (χ0v) is 11.8. The molecule has 2 rings (SSSR count). The Morgan fingerprint density at radius 3 is 2.26 bits per heavy atom. The summed E-state index contributed by atoms with van der Waals surface area (Å²) in [5, 5.41) is 0.538. The second-order valence-corrected chi connectivity index (χ2v) is 5.38. The van der Waals surface area contributed by atoms with Crippen LogP contribution in [0.4, 0.5) is 0 Å². The molecule has 0 saturated carbocycles. The van der Waals surface area contributed by atoms with Gasteiger partial charge < -0.3 is 5.73 Å². The predicted molar refractivity (Wildman–Crippen MR) is 73.2 cm³/mol. The first-order chi connectivity index (χ1) is 8.95. The second kappa shape index (κ2) is 5.31. The van der Waals surface area contributed by atoms with Gasteiger partial charge in [-0.1, -0.05) is 37.6 Å². The summed E-state index contributed by atoms with van der Waals surface area (Å²) < 4.78 is 0. The number of rotatable bonds is 3. The quantitative estimate of drug-likeness (QED) is 0.861. The van der Waals surface area contributed by atoms with Gasteiger partial charge in [0.15, 0.2) is 0 Å². The highest BCUT2D eigenvalue weighted by molar-refractivity contribution is 6.31. The molecular formula is C14H17ClN2O2. The van der Waals surface area contributed by atoms with Crippen LogP contribution in [0.3, 0.4) is 0 Å². The van der Waals surface area contributed by atoms with Crippen molar-refractivity contribution in [3.63, 3.8) is 0 Å². The largest absolute Gasteiger partial charge is 0.326 e.